The maximum absolute atomic E-state index is 12.8. The highest BCUT2D eigenvalue weighted by Crippen LogP contribution is 2.28. The predicted molar refractivity (Wildman–Crippen MR) is 104 cm³/mol. The Morgan fingerprint density at radius 3 is 3.00 bits per heavy atom. The highest BCUT2D eigenvalue weighted by Gasteiger charge is 2.22. The lowest BCUT2D eigenvalue weighted by molar-refractivity contribution is 0.0857. The number of hydrogen-bond acceptors (Lipinski definition) is 5. The summed E-state index contributed by atoms with van der Waals surface area (Å²) >= 11 is 1.60. The van der Waals surface area contributed by atoms with E-state index in [-0.39, 0.29) is 12.0 Å². The monoisotopic (exact) mass is 385 g/mol. The van der Waals surface area contributed by atoms with Crippen LogP contribution in [0, 0.1) is 13.8 Å². The molecular weight excluding hydrogens is 362 g/mol. The SMILES string of the molecule is Cc1nc(-c2cc(C(=O)NCC3CCCO3)c(C)n2Cc2ccco2)cs1. The van der Waals surface area contributed by atoms with Gasteiger partial charge in [0.25, 0.3) is 5.91 Å². The average molecular weight is 385 g/mol. The highest BCUT2D eigenvalue weighted by molar-refractivity contribution is 7.09. The summed E-state index contributed by atoms with van der Waals surface area (Å²) in [5.74, 6) is 0.766. The number of aromatic nitrogens is 2. The van der Waals surface area contributed by atoms with Crippen LogP contribution in [-0.4, -0.2) is 34.7 Å². The van der Waals surface area contributed by atoms with Gasteiger partial charge in [-0.15, -0.1) is 11.3 Å². The second-order valence-electron chi connectivity index (χ2n) is 6.79. The summed E-state index contributed by atoms with van der Waals surface area (Å²) in [5.41, 5.74) is 3.37. The van der Waals surface area contributed by atoms with E-state index in [0.717, 1.165) is 47.3 Å². The van der Waals surface area contributed by atoms with Gasteiger partial charge in [-0.25, -0.2) is 4.98 Å². The van der Waals surface area contributed by atoms with Gasteiger partial charge < -0.3 is 19.0 Å². The molecule has 7 heteroatoms. The molecule has 1 aliphatic heterocycles. The van der Waals surface area contributed by atoms with Gasteiger partial charge in [0.05, 0.1) is 40.9 Å². The quantitative estimate of drug-likeness (QED) is 0.701. The third kappa shape index (κ3) is 3.84. The summed E-state index contributed by atoms with van der Waals surface area (Å²) < 4.78 is 13.2. The van der Waals surface area contributed by atoms with Crippen LogP contribution in [0.15, 0.2) is 34.3 Å². The zero-order valence-corrected chi connectivity index (χ0v) is 16.3. The minimum absolute atomic E-state index is 0.0746. The molecule has 1 unspecified atom stereocenters. The molecule has 1 amide bonds. The summed E-state index contributed by atoms with van der Waals surface area (Å²) in [4.78, 5) is 17.4. The summed E-state index contributed by atoms with van der Waals surface area (Å²) in [5, 5.41) is 6.04. The number of ether oxygens (including phenoxy) is 1. The van der Waals surface area contributed by atoms with Crippen molar-refractivity contribution in [3.8, 4) is 11.4 Å². The van der Waals surface area contributed by atoms with Gasteiger partial charge in [0.2, 0.25) is 0 Å². The molecule has 142 valence electrons. The van der Waals surface area contributed by atoms with E-state index >= 15 is 0 Å². The lowest BCUT2D eigenvalue weighted by atomic mass is 10.2. The van der Waals surface area contributed by atoms with Gasteiger partial charge in [0, 0.05) is 24.2 Å². The summed E-state index contributed by atoms with van der Waals surface area (Å²) in [6, 6.07) is 5.74. The van der Waals surface area contributed by atoms with Crippen molar-refractivity contribution in [3.63, 3.8) is 0 Å². The molecular formula is C20H23N3O3S. The van der Waals surface area contributed by atoms with Crippen molar-refractivity contribution in [2.24, 2.45) is 0 Å². The zero-order chi connectivity index (χ0) is 18.8. The summed E-state index contributed by atoms with van der Waals surface area (Å²) in [7, 11) is 0. The molecule has 1 fully saturated rings. The van der Waals surface area contributed by atoms with Gasteiger partial charge in [0.1, 0.15) is 5.76 Å². The molecule has 0 radical (unpaired) electrons. The first-order valence-corrected chi connectivity index (χ1v) is 10.0. The van der Waals surface area contributed by atoms with Crippen LogP contribution in [0.5, 0.6) is 0 Å². The smallest absolute Gasteiger partial charge is 0.253 e. The number of hydrogen-bond donors (Lipinski definition) is 1. The molecule has 1 N–H and O–H groups in total. The van der Waals surface area contributed by atoms with E-state index in [0.29, 0.717) is 18.7 Å². The maximum atomic E-state index is 12.8. The molecule has 3 aromatic rings. The molecule has 0 spiro atoms. The summed E-state index contributed by atoms with van der Waals surface area (Å²) in [6.07, 6.45) is 3.85. The number of carbonyl (C=O) groups is 1. The Balaban J connectivity index is 1.63. The second-order valence-corrected chi connectivity index (χ2v) is 7.85. The molecule has 27 heavy (non-hydrogen) atoms. The van der Waals surface area contributed by atoms with Crippen molar-refractivity contribution in [1.29, 1.82) is 0 Å². The van der Waals surface area contributed by atoms with E-state index in [2.05, 4.69) is 14.9 Å². The number of carbonyl (C=O) groups excluding carboxylic acids is 1. The van der Waals surface area contributed by atoms with Gasteiger partial charge in [-0.3, -0.25) is 4.79 Å². The number of nitrogens with zero attached hydrogens (tertiary/aromatic N) is 2. The third-order valence-electron chi connectivity index (χ3n) is 4.90. The molecule has 0 aliphatic carbocycles. The first kappa shape index (κ1) is 18.0. The Morgan fingerprint density at radius 2 is 2.33 bits per heavy atom. The van der Waals surface area contributed by atoms with E-state index in [9.17, 15) is 4.79 Å². The molecule has 1 saturated heterocycles. The van der Waals surface area contributed by atoms with Crippen molar-refractivity contribution in [2.45, 2.75) is 39.3 Å². The molecule has 4 heterocycles. The highest BCUT2D eigenvalue weighted by atomic mass is 32.1. The van der Waals surface area contributed by atoms with Crippen LogP contribution < -0.4 is 5.32 Å². The number of rotatable bonds is 6. The van der Waals surface area contributed by atoms with Gasteiger partial charge >= 0.3 is 0 Å². The van der Waals surface area contributed by atoms with Crippen LogP contribution in [0.3, 0.4) is 0 Å². The lowest BCUT2D eigenvalue weighted by Gasteiger charge is -2.11. The largest absolute Gasteiger partial charge is 0.467 e. The molecule has 0 aromatic carbocycles. The Labute approximate surface area is 162 Å². The van der Waals surface area contributed by atoms with E-state index in [1.54, 1.807) is 17.6 Å². The number of nitrogens with one attached hydrogen (secondary N) is 1. The van der Waals surface area contributed by atoms with Gasteiger partial charge in [0.15, 0.2) is 0 Å². The van der Waals surface area contributed by atoms with Crippen LogP contribution in [0.2, 0.25) is 0 Å². The first-order chi connectivity index (χ1) is 13.1. The van der Waals surface area contributed by atoms with E-state index < -0.39 is 0 Å². The number of thiazole rings is 1. The zero-order valence-electron chi connectivity index (χ0n) is 15.5. The minimum atomic E-state index is -0.0746. The Bertz CT molecular complexity index is 921. The standard InChI is InChI=1S/C20H23N3O3S/c1-13-17(20(24)21-10-15-5-3-7-25-15)9-19(18-12-27-14(2)22-18)23(13)11-16-6-4-8-26-16/h4,6,8-9,12,15H,3,5,7,10-11H2,1-2H3,(H,21,24). The molecule has 6 nitrogen and oxygen atoms in total. The Hall–Kier alpha value is -2.38. The molecule has 3 aromatic heterocycles. The normalized spacial score (nSPS) is 16.7. The Kier molecular flexibility index (Phi) is 5.13. The van der Waals surface area contributed by atoms with Gasteiger partial charge in [-0.05, 0) is 44.9 Å². The lowest BCUT2D eigenvalue weighted by Crippen LogP contribution is -2.32. The fourth-order valence-corrected chi connectivity index (χ4v) is 4.04. The van der Waals surface area contributed by atoms with Crippen molar-refractivity contribution in [3.05, 3.63) is 51.9 Å². The van der Waals surface area contributed by atoms with Crippen LogP contribution in [0.25, 0.3) is 11.4 Å². The summed E-state index contributed by atoms with van der Waals surface area (Å²) in [6.45, 7) is 5.84. The van der Waals surface area contributed by atoms with Crippen molar-refractivity contribution >= 4 is 17.2 Å². The van der Waals surface area contributed by atoms with Crippen molar-refractivity contribution in [1.82, 2.24) is 14.9 Å². The number of furan rings is 1. The minimum Gasteiger partial charge on any atom is -0.467 e. The third-order valence-corrected chi connectivity index (χ3v) is 5.67. The fraction of sp³-hybridized carbons (Fsp3) is 0.400. The van der Waals surface area contributed by atoms with Crippen LogP contribution in [0.4, 0.5) is 0 Å². The number of aryl methyl sites for hydroxylation is 1. The van der Waals surface area contributed by atoms with Crippen LogP contribution >= 0.6 is 11.3 Å². The predicted octanol–water partition coefficient (Wildman–Crippen LogP) is 3.78. The first-order valence-electron chi connectivity index (χ1n) is 9.16. The molecule has 0 bridgehead atoms. The van der Waals surface area contributed by atoms with Gasteiger partial charge in [-0.1, -0.05) is 0 Å². The van der Waals surface area contributed by atoms with Crippen LogP contribution in [0.1, 0.15) is 39.7 Å². The molecule has 4 rings (SSSR count). The van der Waals surface area contributed by atoms with Crippen molar-refractivity contribution < 1.29 is 13.9 Å². The number of amides is 1. The molecule has 1 atom stereocenters. The maximum Gasteiger partial charge on any atom is 0.253 e. The fourth-order valence-electron chi connectivity index (χ4n) is 3.44. The van der Waals surface area contributed by atoms with E-state index in [4.69, 9.17) is 9.15 Å². The van der Waals surface area contributed by atoms with E-state index in [1.807, 2.05) is 37.4 Å². The average Bonchev–Trinajstić information content (AvgIpc) is 3.43. The van der Waals surface area contributed by atoms with Gasteiger partial charge in [-0.2, -0.15) is 0 Å². The molecule has 1 aliphatic rings. The topological polar surface area (TPSA) is 69.3 Å². The van der Waals surface area contributed by atoms with Crippen molar-refractivity contribution in [2.75, 3.05) is 13.2 Å². The second kappa shape index (κ2) is 7.70. The van der Waals surface area contributed by atoms with E-state index in [1.165, 1.54) is 0 Å². The Morgan fingerprint density at radius 1 is 1.44 bits per heavy atom. The van der Waals surface area contributed by atoms with Crippen LogP contribution in [-0.2, 0) is 11.3 Å². The molecule has 0 saturated carbocycles.